The van der Waals surface area contributed by atoms with Gasteiger partial charge < -0.3 is 4.74 Å². The van der Waals surface area contributed by atoms with Crippen molar-refractivity contribution in [2.45, 2.75) is 98.8 Å². The predicted molar refractivity (Wildman–Crippen MR) is 191 cm³/mol. The number of hydrogen-bond donors (Lipinski definition) is 1. The quantitative estimate of drug-likeness (QED) is 0.216. The number of rotatable bonds is 5. The van der Waals surface area contributed by atoms with Crippen LogP contribution >= 0.6 is 23.5 Å². The number of unbranched alkanes of at least 4 members (excludes halogenated alkanes) is 1. The van der Waals surface area contributed by atoms with Crippen molar-refractivity contribution in [2.75, 3.05) is 11.3 Å². The van der Waals surface area contributed by atoms with Crippen LogP contribution in [0.15, 0.2) is 65.8 Å². The number of anilines is 1. The molecule has 0 aliphatic carbocycles. The summed E-state index contributed by atoms with van der Waals surface area (Å²) in [6.45, 7) is 19.9. The molecule has 0 saturated carbocycles. The first-order chi connectivity index (χ1) is 21.6. The van der Waals surface area contributed by atoms with Crippen LogP contribution in [0.2, 0.25) is 5.15 Å². The monoisotopic (exact) mass is 647 g/mol. The van der Waals surface area contributed by atoms with Gasteiger partial charge in [-0.25, -0.2) is 9.97 Å². The number of hydrogen-bond acceptors (Lipinski definition) is 7. The molecule has 4 bridgehead atoms. The van der Waals surface area contributed by atoms with E-state index in [1.54, 1.807) is 6.20 Å². The maximum absolute atomic E-state index is 6.52. The Morgan fingerprint density at radius 1 is 0.933 bits per heavy atom. The SMILES string of the molecule is CC.CCCC.Cc1cccc(C)c1-c1cc2nc(n1)NSc1cccc(c1)C(Cc1cncc(Cl)n1)C(CC(C)(C)C)CO2. The summed E-state index contributed by atoms with van der Waals surface area (Å²) in [5, 5.41) is 0.408. The van der Waals surface area contributed by atoms with Crippen molar-refractivity contribution in [1.29, 1.82) is 0 Å². The van der Waals surface area contributed by atoms with E-state index in [0.717, 1.165) is 28.3 Å². The summed E-state index contributed by atoms with van der Waals surface area (Å²) >= 11 is 7.72. The summed E-state index contributed by atoms with van der Waals surface area (Å²) in [5.74, 6) is 1.44. The number of fused-ring (bicyclic) bond motifs is 4. The Balaban J connectivity index is 0.000000853. The van der Waals surface area contributed by atoms with Crippen LogP contribution in [-0.2, 0) is 6.42 Å². The molecule has 0 amide bonds. The van der Waals surface area contributed by atoms with Crippen LogP contribution in [0.4, 0.5) is 5.95 Å². The Bertz CT molecular complexity index is 1480. The van der Waals surface area contributed by atoms with Crippen LogP contribution in [0.3, 0.4) is 0 Å². The molecule has 0 fully saturated rings. The van der Waals surface area contributed by atoms with Crippen LogP contribution in [0, 0.1) is 25.2 Å². The van der Waals surface area contributed by atoms with E-state index in [-0.39, 0.29) is 17.3 Å². The van der Waals surface area contributed by atoms with Gasteiger partial charge in [-0.1, -0.05) is 103 Å². The zero-order valence-electron chi connectivity index (χ0n) is 28.4. The number of halogens is 1. The number of aryl methyl sites for hydroxylation is 2. The van der Waals surface area contributed by atoms with Gasteiger partial charge in [0.25, 0.3) is 0 Å². The van der Waals surface area contributed by atoms with Gasteiger partial charge >= 0.3 is 0 Å². The average molecular weight is 648 g/mol. The maximum Gasteiger partial charge on any atom is 0.237 e. The molecule has 45 heavy (non-hydrogen) atoms. The lowest BCUT2D eigenvalue weighted by Crippen LogP contribution is -2.27. The van der Waals surface area contributed by atoms with Crippen molar-refractivity contribution in [1.82, 2.24) is 19.9 Å². The van der Waals surface area contributed by atoms with Crippen molar-refractivity contribution in [3.05, 3.63) is 88.5 Å². The molecule has 2 atom stereocenters. The van der Waals surface area contributed by atoms with Crippen LogP contribution in [0.1, 0.15) is 96.0 Å². The highest BCUT2D eigenvalue weighted by atomic mass is 35.5. The minimum Gasteiger partial charge on any atom is -0.477 e. The van der Waals surface area contributed by atoms with E-state index in [4.69, 9.17) is 26.3 Å². The predicted octanol–water partition coefficient (Wildman–Crippen LogP) is 10.9. The lowest BCUT2D eigenvalue weighted by Gasteiger charge is -2.33. The smallest absolute Gasteiger partial charge is 0.237 e. The van der Waals surface area contributed by atoms with E-state index in [1.807, 2.05) is 26.1 Å². The van der Waals surface area contributed by atoms with Crippen molar-refractivity contribution in [3.63, 3.8) is 0 Å². The summed E-state index contributed by atoms with van der Waals surface area (Å²) in [4.78, 5) is 19.6. The molecule has 2 unspecified atom stereocenters. The molecule has 242 valence electrons. The first kappa shape index (κ1) is 36.3. The number of nitrogens with one attached hydrogen (secondary N) is 1. The summed E-state index contributed by atoms with van der Waals surface area (Å²) in [6, 6.07) is 16.9. The van der Waals surface area contributed by atoms with Crippen molar-refractivity contribution >= 4 is 29.5 Å². The van der Waals surface area contributed by atoms with Gasteiger partial charge in [0.1, 0.15) is 5.15 Å². The lowest BCUT2D eigenvalue weighted by atomic mass is 9.74. The molecule has 4 aromatic rings. The second-order valence-corrected chi connectivity index (χ2v) is 13.7. The molecule has 0 saturated heterocycles. The fourth-order valence-electron chi connectivity index (χ4n) is 5.36. The first-order valence-corrected chi connectivity index (χ1v) is 17.3. The van der Waals surface area contributed by atoms with E-state index in [1.165, 1.54) is 41.5 Å². The third-order valence-corrected chi connectivity index (χ3v) is 8.42. The van der Waals surface area contributed by atoms with Crippen LogP contribution in [0.25, 0.3) is 11.3 Å². The normalized spacial score (nSPS) is 15.9. The molecule has 1 N–H and O–H groups in total. The summed E-state index contributed by atoms with van der Waals surface area (Å²) in [5.41, 5.74) is 6.50. The fourth-order valence-corrected chi connectivity index (χ4v) is 6.17. The van der Waals surface area contributed by atoms with E-state index in [0.29, 0.717) is 30.0 Å². The number of ether oxygens (including phenoxy) is 1. The Morgan fingerprint density at radius 3 is 2.27 bits per heavy atom. The Hall–Kier alpha value is -3.16. The molecular formula is C37H50ClN5OS. The zero-order valence-corrected chi connectivity index (χ0v) is 30.0. The Morgan fingerprint density at radius 2 is 1.62 bits per heavy atom. The average Bonchev–Trinajstić information content (AvgIpc) is 3.01. The molecule has 0 radical (unpaired) electrons. The van der Waals surface area contributed by atoms with E-state index < -0.39 is 0 Å². The lowest BCUT2D eigenvalue weighted by molar-refractivity contribution is 0.166. The second-order valence-electron chi connectivity index (χ2n) is 12.4. The standard InChI is InChI=1S/C31H34ClN5OS.C4H10.C2H6/c1-19-8-6-9-20(2)29(19)26-14-28-36-30(35-26)37-39-24-11-7-10-21(12-24)25(13-23-16-33-17-27(32)34-23)22(18-38-28)15-31(3,4)5;1-3-4-2;1-2/h6-12,14,16-17,22,25H,13,15,18H2,1-5H3,(H,35,36,37);3-4H2,1-2H3;1-2H3. The highest BCUT2D eigenvalue weighted by Gasteiger charge is 2.30. The van der Waals surface area contributed by atoms with E-state index >= 15 is 0 Å². The highest BCUT2D eigenvalue weighted by molar-refractivity contribution is 8.00. The molecule has 0 spiro atoms. The summed E-state index contributed by atoms with van der Waals surface area (Å²) in [7, 11) is 0. The van der Waals surface area contributed by atoms with Gasteiger partial charge in [-0.3, -0.25) is 9.71 Å². The fraction of sp³-hybridized carbons (Fsp3) is 0.459. The van der Waals surface area contributed by atoms with Gasteiger partial charge in [0, 0.05) is 28.6 Å². The largest absolute Gasteiger partial charge is 0.477 e. The van der Waals surface area contributed by atoms with Gasteiger partial charge in [-0.05, 0) is 78.8 Å². The topological polar surface area (TPSA) is 72.8 Å². The van der Waals surface area contributed by atoms with Crippen molar-refractivity contribution in [3.8, 4) is 17.1 Å². The summed E-state index contributed by atoms with van der Waals surface area (Å²) < 4.78 is 9.88. The molecule has 3 heterocycles. The summed E-state index contributed by atoms with van der Waals surface area (Å²) in [6.07, 6.45) is 7.70. The molecule has 6 nitrogen and oxygen atoms in total. The third-order valence-electron chi connectivity index (χ3n) is 7.46. The molecule has 2 aromatic heterocycles. The third kappa shape index (κ3) is 11.0. The zero-order chi connectivity index (χ0) is 33.0. The van der Waals surface area contributed by atoms with Crippen LogP contribution in [-0.4, -0.2) is 26.5 Å². The van der Waals surface area contributed by atoms with Gasteiger partial charge in [-0.2, -0.15) is 4.98 Å². The van der Waals surface area contributed by atoms with E-state index in [2.05, 4.69) is 106 Å². The number of benzene rings is 2. The Kier molecular flexibility index (Phi) is 14.1. The van der Waals surface area contributed by atoms with Crippen molar-refractivity contribution < 1.29 is 4.74 Å². The molecule has 1 aliphatic rings. The van der Waals surface area contributed by atoms with Crippen LogP contribution < -0.4 is 9.46 Å². The second kappa shape index (κ2) is 17.5. The van der Waals surface area contributed by atoms with Gasteiger partial charge in [0.05, 0.1) is 24.2 Å². The van der Waals surface area contributed by atoms with E-state index in [9.17, 15) is 0 Å². The molecule has 2 aromatic carbocycles. The van der Waals surface area contributed by atoms with Crippen molar-refractivity contribution in [2.24, 2.45) is 11.3 Å². The molecule has 8 heteroatoms. The first-order valence-electron chi connectivity index (χ1n) is 16.1. The van der Waals surface area contributed by atoms with Gasteiger partial charge in [0.15, 0.2) is 0 Å². The number of aromatic nitrogens is 4. The van der Waals surface area contributed by atoms with Gasteiger partial charge in [0.2, 0.25) is 11.8 Å². The number of nitrogens with zero attached hydrogens (tertiary/aromatic N) is 4. The Labute approximate surface area is 280 Å². The minimum absolute atomic E-state index is 0.0948. The minimum atomic E-state index is 0.0948. The van der Waals surface area contributed by atoms with Crippen LogP contribution in [0.5, 0.6) is 5.88 Å². The van der Waals surface area contributed by atoms with Gasteiger partial charge in [-0.15, -0.1) is 0 Å². The maximum atomic E-state index is 6.52. The molecule has 5 rings (SSSR count). The highest BCUT2D eigenvalue weighted by Crippen LogP contribution is 2.39. The molecule has 1 aliphatic heterocycles. The molecular weight excluding hydrogens is 598 g/mol.